The highest BCUT2D eigenvalue weighted by Gasteiger charge is 2.10. The summed E-state index contributed by atoms with van der Waals surface area (Å²) in [6.07, 6.45) is 3.26. The lowest BCUT2D eigenvalue weighted by molar-refractivity contribution is 0.102. The predicted octanol–water partition coefficient (Wildman–Crippen LogP) is 4.92. The number of carbonyl (C=O) groups is 1. The smallest absolute Gasteiger partial charge is 0.258 e. The van der Waals surface area contributed by atoms with Crippen molar-refractivity contribution in [2.75, 3.05) is 5.32 Å². The van der Waals surface area contributed by atoms with E-state index < -0.39 is 0 Å². The van der Waals surface area contributed by atoms with E-state index in [0.717, 1.165) is 11.4 Å². The molecule has 4 rings (SSSR count). The molecular formula is C22H17N3O2. The van der Waals surface area contributed by atoms with Crippen molar-refractivity contribution in [3.63, 3.8) is 0 Å². The molecule has 0 saturated heterocycles. The van der Waals surface area contributed by atoms with Crippen LogP contribution in [0.15, 0.2) is 97.3 Å². The van der Waals surface area contributed by atoms with Crippen molar-refractivity contribution in [3.05, 3.63) is 103 Å². The van der Waals surface area contributed by atoms with E-state index in [9.17, 15) is 4.79 Å². The molecule has 4 aromatic rings. The number of nitrogens with zero attached hydrogens (tertiary/aromatic N) is 2. The number of rotatable bonds is 5. The summed E-state index contributed by atoms with van der Waals surface area (Å²) in [5, 5.41) is 7.11. The van der Waals surface area contributed by atoms with Gasteiger partial charge in [-0.3, -0.25) is 4.79 Å². The molecule has 0 fully saturated rings. The third-order valence-electron chi connectivity index (χ3n) is 3.96. The fourth-order valence-corrected chi connectivity index (χ4v) is 2.60. The third-order valence-corrected chi connectivity index (χ3v) is 3.96. The van der Waals surface area contributed by atoms with Crippen LogP contribution in [0.3, 0.4) is 0 Å². The van der Waals surface area contributed by atoms with Crippen molar-refractivity contribution < 1.29 is 9.53 Å². The van der Waals surface area contributed by atoms with Gasteiger partial charge in [0.05, 0.1) is 17.4 Å². The Balaban J connectivity index is 1.42. The molecule has 1 aromatic heterocycles. The van der Waals surface area contributed by atoms with Gasteiger partial charge in [0.1, 0.15) is 11.5 Å². The summed E-state index contributed by atoms with van der Waals surface area (Å²) in [5.41, 5.74) is 2.08. The average molecular weight is 355 g/mol. The van der Waals surface area contributed by atoms with E-state index >= 15 is 0 Å². The van der Waals surface area contributed by atoms with Gasteiger partial charge in [0.25, 0.3) is 5.91 Å². The number of para-hydroxylation sites is 2. The first-order chi connectivity index (χ1) is 13.3. The molecule has 0 spiro atoms. The van der Waals surface area contributed by atoms with Crippen molar-refractivity contribution in [1.82, 2.24) is 9.78 Å². The van der Waals surface area contributed by atoms with Gasteiger partial charge >= 0.3 is 0 Å². The number of carbonyl (C=O) groups excluding carboxylic acids is 1. The molecule has 0 aliphatic carbocycles. The molecule has 5 nitrogen and oxygen atoms in total. The first kappa shape index (κ1) is 16.6. The van der Waals surface area contributed by atoms with Gasteiger partial charge in [0.2, 0.25) is 0 Å². The molecule has 0 atom stereocenters. The Morgan fingerprint density at radius 3 is 2.15 bits per heavy atom. The Morgan fingerprint density at radius 2 is 1.44 bits per heavy atom. The van der Waals surface area contributed by atoms with Crippen LogP contribution >= 0.6 is 0 Å². The van der Waals surface area contributed by atoms with E-state index in [0.29, 0.717) is 17.0 Å². The van der Waals surface area contributed by atoms with Gasteiger partial charge in [-0.2, -0.15) is 5.10 Å². The lowest BCUT2D eigenvalue weighted by Crippen LogP contribution is -2.10. The maximum absolute atomic E-state index is 12.4. The van der Waals surface area contributed by atoms with Crippen molar-refractivity contribution >= 4 is 11.6 Å². The van der Waals surface area contributed by atoms with Crippen molar-refractivity contribution in [1.29, 1.82) is 0 Å². The molecule has 0 unspecified atom stereocenters. The number of amides is 1. The molecule has 0 radical (unpaired) electrons. The topological polar surface area (TPSA) is 56.1 Å². The van der Waals surface area contributed by atoms with E-state index in [4.69, 9.17) is 4.74 Å². The molecule has 0 aliphatic rings. The summed E-state index contributed by atoms with van der Waals surface area (Å²) in [5.74, 6) is 1.26. The number of ether oxygens (including phenoxy) is 1. The molecule has 0 aliphatic heterocycles. The Hall–Kier alpha value is -3.86. The van der Waals surface area contributed by atoms with Crippen LogP contribution in [-0.2, 0) is 0 Å². The molecule has 1 amide bonds. The molecular weight excluding hydrogens is 338 g/mol. The van der Waals surface area contributed by atoms with Gasteiger partial charge in [-0.25, -0.2) is 4.68 Å². The Labute approximate surface area is 156 Å². The minimum Gasteiger partial charge on any atom is -0.457 e. The van der Waals surface area contributed by atoms with Gasteiger partial charge in [0.15, 0.2) is 0 Å². The zero-order chi connectivity index (χ0) is 18.5. The van der Waals surface area contributed by atoms with Crippen LogP contribution in [0.5, 0.6) is 11.5 Å². The lowest BCUT2D eigenvalue weighted by Gasteiger charge is -2.07. The Morgan fingerprint density at radius 1 is 0.815 bits per heavy atom. The standard InChI is InChI=1S/C22H17N3O2/c26-22(17-15-23-25(16-17)19-7-3-1-4-8-19)24-18-11-13-21(14-12-18)27-20-9-5-2-6-10-20/h1-16H,(H,24,26). The Kier molecular flexibility index (Phi) is 4.66. The maximum atomic E-state index is 12.4. The number of hydrogen-bond acceptors (Lipinski definition) is 3. The highest BCUT2D eigenvalue weighted by Crippen LogP contribution is 2.23. The fraction of sp³-hybridized carbons (Fsp3) is 0. The summed E-state index contributed by atoms with van der Waals surface area (Å²) < 4.78 is 7.42. The fourth-order valence-electron chi connectivity index (χ4n) is 2.60. The van der Waals surface area contributed by atoms with Crippen LogP contribution in [0, 0.1) is 0 Å². The average Bonchev–Trinajstić information content (AvgIpc) is 3.21. The predicted molar refractivity (Wildman–Crippen MR) is 104 cm³/mol. The molecule has 27 heavy (non-hydrogen) atoms. The van der Waals surface area contributed by atoms with Gasteiger partial charge in [-0.1, -0.05) is 36.4 Å². The second kappa shape index (κ2) is 7.58. The zero-order valence-corrected chi connectivity index (χ0v) is 14.4. The van der Waals surface area contributed by atoms with E-state index in [1.54, 1.807) is 29.2 Å². The van der Waals surface area contributed by atoms with Crippen LogP contribution in [-0.4, -0.2) is 15.7 Å². The molecule has 132 valence electrons. The monoisotopic (exact) mass is 355 g/mol. The quantitative estimate of drug-likeness (QED) is 0.553. The van der Waals surface area contributed by atoms with Gasteiger partial charge in [-0.15, -0.1) is 0 Å². The number of anilines is 1. The van der Waals surface area contributed by atoms with Crippen molar-refractivity contribution in [2.45, 2.75) is 0 Å². The summed E-state index contributed by atoms with van der Waals surface area (Å²) in [7, 11) is 0. The lowest BCUT2D eigenvalue weighted by atomic mass is 10.2. The normalized spacial score (nSPS) is 10.4. The second-order valence-electron chi connectivity index (χ2n) is 5.90. The van der Waals surface area contributed by atoms with Gasteiger partial charge in [-0.05, 0) is 48.5 Å². The van der Waals surface area contributed by atoms with E-state index in [1.807, 2.05) is 72.8 Å². The molecule has 1 heterocycles. The molecule has 5 heteroatoms. The minimum absolute atomic E-state index is 0.214. The highest BCUT2D eigenvalue weighted by molar-refractivity contribution is 6.04. The second-order valence-corrected chi connectivity index (χ2v) is 5.90. The molecule has 1 N–H and O–H groups in total. The summed E-state index contributed by atoms with van der Waals surface area (Å²) >= 11 is 0. The highest BCUT2D eigenvalue weighted by atomic mass is 16.5. The van der Waals surface area contributed by atoms with Crippen LogP contribution in [0.25, 0.3) is 5.69 Å². The van der Waals surface area contributed by atoms with E-state index in [-0.39, 0.29) is 5.91 Å². The number of nitrogens with one attached hydrogen (secondary N) is 1. The van der Waals surface area contributed by atoms with Crippen LogP contribution in [0.2, 0.25) is 0 Å². The molecule has 0 bridgehead atoms. The summed E-state index contributed by atoms with van der Waals surface area (Å²) in [4.78, 5) is 12.4. The third kappa shape index (κ3) is 4.04. The zero-order valence-electron chi connectivity index (χ0n) is 14.4. The van der Waals surface area contributed by atoms with E-state index in [1.165, 1.54) is 0 Å². The van der Waals surface area contributed by atoms with Crippen molar-refractivity contribution in [3.8, 4) is 17.2 Å². The maximum Gasteiger partial charge on any atom is 0.258 e. The largest absolute Gasteiger partial charge is 0.457 e. The van der Waals surface area contributed by atoms with E-state index in [2.05, 4.69) is 10.4 Å². The van der Waals surface area contributed by atoms with Crippen LogP contribution in [0.1, 0.15) is 10.4 Å². The SMILES string of the molecule is O=C(Nc1ccc(Oc2ccccc2)cc1)c1cnn(-c2ccccc2)c1. The van der Waals surface area contributed by atoms with Gasteiger partial charge < -0.3 is 10.1 Å². The summed E-state index contributed by atoms with van der Waals surface area (Å²) in [6, 6.07) is 26.4. The number of aromatic nitrogens is 2. The number of hydrogen-bond donors (Lipinski definition) is 1. The first-order valence-corrected chi connectivity index (χ1v) is 8.52. The summed E-state index contributed by atoms with van der Waals surface area (Å²) in [6.45, 7) is 0. The number of benzene rings is 3. The molecule has 3 aromatic carbocycles. The first-order valence-electron chi connectivity index (χ1n) is 8.52. The van der Waals surface area contributed by atoms with Crippen LogP contribution < -0.4 is 10.1 Å². The van der Waals surface area contributed by atoms with Crippen LogP contribution in [0.4, 0.5) is 5.69 Å². The van der Waals surface area contributed by atoms with Gasteiger partial charge in [0, 0.05) is 11.9 Å². The Bertz CT molecular complexity index is 1030. The van der Waals surface area contributed by atoms with Crippen molar-refractivity contribution in [2.24, 2.45) is 0 Å². The minimum atomic E-state index is -0.214. The molecule has 0 saturated carbocycles.